The molecule has 1 saturated carbocycles. The quantitative estimate of drug-likeness (QED) is 0.842. The van der Waals surface area contributed by atoms with Crippen LogP contribution in [-0.4, -0.2) is 6.04 Å². The highest BCUT2D eigenvalue weighted by atomic mass is 35.5. The molecule has 2 atom stereocenters. The predicted octanol–water partition coefficient (Wildman–Crippen LogP) is 3.72. The summed E-state index contributed by atoms with van der Waals surface area (Å²) in [4.78, 5) is 0. The highest BCUT2D eigenvalue weighted by Gasteiger charge is 2.31. The number of rotatable bonds is 3. The number of hydrogen-bond acceptors (Lipinski definition) is 1. The maximum Gasteiger partial charge on any atom is 0.0408 e. The molecule has 1 nitrogen and oxygen atoms in total. The van der Waals surface area contributed by atoms with Crippen molar-refractivity contribution in [2.45, 2.75) is 44.7 Å². The fourth-order valence-electron chi connectivity index (χ4n) is 2.81. The molecule has 3 rings (SSSR count). The number of aryl methyl sites for hydroxylation is 1. The van der Waals surface area contributed by atoms with Gasteiger partial charge in [-0.2, -0.15) is 0 Å². The van der Waals surface area contributed by atoms with E-state index in [4.69, 9.17) is 11.6 Å². The van der Waals surface area contributed by atoms with Crippen molar-refractivity contribution in [3.8, 4) is 0 Å². The van der Waals surface area contributed by atoms with E-state index < -0.39 is 0 Å². The van der Waals surface area contributed by atoms with Gasteiger partial charge in [0.25, 0.3) is 0 Å². The van der Waals surface area contributed by atoms with Crippen molar-refractivity contribution >= 4 is 11.6 Å². The van der Waals surface area contributed by atoms with Gasteiger partial charge >= 0.3 is 0 Å². The van der Waals surface area contributed by atoms with Gasteiger partial charge in [0.2, 0.25) is 0 Å². The highest BCUT2D eigenvalue weighted by molar-refractivity contribution is 6.30. The van der Waals surface area contributed by atoms with Crippen LogP contribution in [0.4, 0.5) is 0 Å². The fraction of sp³-hybridized carbons (Fsp3) is 0.571. The van der Waals surface area contributed by atoms with Gasteiger partial charge in [-0.15, -0.1) is 0 Å². The third kappa shape index (κ3) is 1.99. The van der Waals surface area contributed by atoms with Crippen LogP contribution in [0, 0.1) is 5.92 Å². The van der Waals surface area contributed by atoms with Crippen molar-refractivity contribution in [2.24, 2.45) is 5.92 Å². The van der Waals surface area contributed by atoms with Gasteiger partial charge in [-0.25, -0.2) is 0 Å². The number of halogens is 1. The van der Waals surface area contributed by atoms with Gasteiger partial charge < -0.3 is 5.32 Å². The Balaban J connectivity index is 1.75. The molecule has 16 heavy (non-hydrogen) atoms. The van der Waals surface area contributed by atoms with Gasteiger partial charge in [0.1, 0.15) is 0 Å². The third-order valence-corrected chi connectivity index (χ3v) is 4.21. The Morgan fingerprint density at radius 1 is 1.31 bits per heavy atom. The monoisotopic (exact) mass is 235 g/mol. The first-order valence-electron chi connectivity index (χ1n) is 6.28. The normalized spacial score (nSPS) is 25.5. The maximum atomic E-state index is 6.02. The van der Waals surface area contributed by atoms with E-state index in [-0.39, 0.29) is 0 Å². The summed E-state index contributed by atoms with van der Waals surface area (Å²) in [5.41, 5.74) is 2.91. The summed E-state index contributed by atoms with van der Waals surface area (Å²) < 4.78 is 0. The molecule has 0 radical (unpaired) electrons. The minimum atomic E-state index is 0.558. The second kappa shape index (κ2) is 4.05. The second-order valence-electron chi connectivity index (χ2n) is 5.23. The zero-order valence-corrected chi connectivity index (χ0v) is 10.4. The fourth-order valence-corrected chi connectivity index (χ4v) is 3.00. The molecule has 0 saturated heterocycles. The molecule has 86 valence electrons. The molecular formula is C14H18ClN. The van der Waals surface area contributed by atoms with Crippen molar-refractivity contribution < 1.29 is 0 Å². The first-order chi connectivity index (χ1) is 7.74. The van der Waals surface area contributed by atoms with E-state index >= 15 is 0 Å². The molecule has 2 heteroatoms. The third-order valence-electron chi connectivity index (χ3n) is 3.98. The molecule has 0 bridgehead atoms. The lowest BCUT2D eigenvalue weighted by molar-refractivity contribution is 0.421. The van der Waals surface area contributed by atoms with Crippen molar-refractivity contribution in [1.82, 2.24) is 5.32 Å². The zero-order chi connectivity index (χ0) is 11.1. The smallest absolute Gasteiger partial charge is 0.0408 e. The lowest BCUT2D eigenvalue weighted by atomic mass is 10.1. The van der Waals surface area contributed by atoms with Crippen molar-refractivity contribution in [1.29, 1.82) is 0 Å². The van der Waals surface area contributed by atoms with Gasteiger partial charge in [0, 0.05) is 17.1 Å². The Morgan fingerprint density at radius 2 is 2.12 bits per heavy atom. The Labute approximate surface area is 102 Å². The van der Waals surface area contributed by atoms with Crippen LogP contribution in [0.15, 0.2) is 18.2 Å². The number of benzene rings is 1. The Bertz CT molecular complexity index is 398. The summed E-state index contributed by atoms with van der Waals surface area (Å²) in [7, 11) is 0. The van der Waals surface area contributed by atoms with Gasteiger partial charge in [-0.3, -0.25) is 0 Å². The van der Waals surface area contributed by atoms with Crippen molar-refractivity contribution in [3.63, 3.8) is 0 Å². The van der Waals surface area contributed by atoms with Crippen molar-refractivity contribution in [3.05, 3.63) is 34.3 Å². The Hall–Kier alpha value is -0.530. The van der Waals surface area contributed by atoms with Crippen LogP contribution in [0.25, 0.3) is 0 Å². The van der Waals surface area contributed by atoms with E-state index in [1.165, 1.54) is 36.8 Å². The van der Waals surface area contributed by atoms with Gasteiger partial charge in [0.15, 0.2) is 0 Å². The van der Waals surface area contributed by atoms with Crippen LogP contribution in [0.2, 0.25) is 5.02 Å². The summed E-state index contributed by atoms with van der Waals surface area (Å²) in [6.45, 7) is 2.32. The first-order valence-corrected chi connectivity index (χ1v) is 6.66. The molecule has 0 spiro atoms. The summed E-state index contributed by atoms with van der Waals surface area (Å²) >= 11 is 6.02. The summed E-state index contributed by atoms with van der Waals surface area (Å²) in [6.07, 6.45) is 5.22. The lowest BCUT2D eigenvalue weighted by Gasteiger charge is -2.20. The molecule has 1 aromatic rings. The SMILES string of the molecule is CC(NC1CCc2cc(Cl)ccc21)C1CC1. The molecule has 1 fully saturated rings. The highest BCUT2D eigenvalue weighted by Crippen LogP contribution is 2.37. The number of fused-ring (bicyclic) bond motifs is 1. The van der Waals surface area contributed by atoms with E-state index in [9.17, 15) is 0 Å². The molecule has 0 heterocycles. The molecule has 0 amide bonds. The molecular weight excluding hydrogens is 218 g/mol. The number of nitrogens with one attached hydrogen (secondary N) is 1. The summed E-state index contributed by atoms with van der Waals surface area (Å²) in [6, 6.07) is 7.57. The van der Waals surface area contributed by atoms with Crippen LogP contribution < -0.4 is 5.32 Å². The minimum Gasteiger partial charge on any atom is -0.307 e. The predicted molar refractivity (Wildman–Crippen MR) is 67.8 cm³/mol. The van der Waals surface area contributed by atoms with Crippen molar-refractivity contribution in [2.75, 3.05) is 0 Å². The molecule has 1 aromatic carbocycles. The van der Waals surface area contributed by atoms with Crippen LogP contribution in [0.5, 0.6) is 0 Å². The molecule has 2 aliphatic rings. The Kier molecular flexibility index (Phi) is 2.68. The summed E-state index contributed by atoms with van der Waals surface area (Å²) in [5, 5.41) is 4.64. The largest absolute Gasteiger partial charge is 0.307 e. The topological polar surface area (TPSA) is 12.0 Å². The molecule has 0 aromatic heterocycles. The zero-order valence-electron chi connectivity index (χ0n) is 9.67. The Morgan fingerprint density at radius 3 is 2.88 bits per heavy atom. The van der Waals surface area contributed by atoms with E-state index in [0.717, 1.165) is 10.9 Å². The summed E-state index contributed by atoms with van der Waals surface area (Å²) in [5.74, 6) is 0.927. The van der Waals surface area contributed by atoms with Crippen LogP contribution >= 0.6 is 11.6 Å². The second-order valence-corrected chi connectivity index (χ2v) is 5.66. The van der Waals surface area contributed by atoms with Crippen LogP contribution in [0.1, 0.15) is 43.4 Å². The average molecular weight is 236 g/mol. The molecule has 1 N–H and O–H groups in total. The van der Waals surface area contributed by atoms with Gasteiger partial charge in [-0.05, 0) is 61.8 Å². The maximum absolute atomic E-state index is 6.02. The lowest BCUT2D eigenvalue weighted by Crippen LogP contribution is -2.30. The van der Waals surface area contributed by atoms with E-state index in [2.05, 4.69) is 24.4 Å². The molecule has 2 aliphatic carbocycles. The van der Waals surface area contributed by atoms with Gasteiger partial charge in [-0.1, -0.05) is 17.7 Å². The molecule has 0 aliphatic heterocycles. The van der Waals surface area contributed by atoms with Gasteiger partial charge in [0.05, 0.1) is 0 Å². The van der Waals surface area contributed by atoms with E-state index in [1.54, 1.807) is 0 Å². The standard InChI is InChI=1S/C14H18ClN/c1-9(10-2-3-10)16-14-7-4-11-8-12(15)5-6-13(11)14/h5-6,8-10,14,16H,2-4,7H2,1H3. The minimum absolute atomic E-state index is 0.558. The van der Waals surface area contributed by atoms with E-state index in [0.29, 0.717) is 12.1 Å². The van der Waals surface area contributed by atoms with Crippen LogP contribution in [-0.2, 0) is 6.42 Å². The van der Waals surface area contributed by atoms with E-state index in [1.807, 2.05) is 6.07 Å². The average Bonchev–Trinajstić information content (AvgIpc) is 3.03. The van der Waals surface area contributed by atoms with Crippen LogP contribution in [0.3, 0.4) is 0 Å². The molecule has 2 unspecified atom stereocenters. The number of hydrogen-bond donors (Lipinski definition) is 1. The first kappa shape index (κ1) is 10.6.